The molecule has 0 bridgehead atoms. The van der Waals surface area contributed by atoms with E-state index in [9.17, 15) is 10.1 Å². The highest BCUT2D eigenvalue weighted by Crippen LogP contribution is 2.26. The Labute approximate surface area is 123 Å². The van der Waals surface area contributed by atoms with Crippen molar-refractivity contribution in [1.29, 1.82) is 5.26 Å². The Kier molecular flexibility index (Phi) is 4.68. The Hall–Kier alpha value is -3.12. The van der Waals surface area contributed by atoms with E-state index in [2.05, 4.69) is 12.6 Å². The molecule has 2 rings (SSSR count). The van der Waals surface area contributed by atoms with Crippen LogP contribution in [-0.2, 0) is 9.53 Å². The molecule has 102 valence electrons. The first-order valence-corrected chi connectivity index (χ1v) is 6.34. The summed E-state index contributed by atoms with van der Waals surface area (Å²) in [6.07, 6.45) is 2.45. The molecule has 2 aromatic carbocycles. The lowest BCUT2D eigenvalue weighted by atomic mass is 9.94. The molecule has 2 aromatic rings. The standard InChI is InChI=1S/C18H13NO2/c1-2-21-18(20)12-17(14-8-4-3-5-9-14)16-11-7-6-10-15(16)13-19/h2-12H,1H2/b17-12+. The van der Waals surface area contributed by atoms with E-state index < -0.39 is 5.97 Å². The number of esters is 1. The van der Waals surface area contributed by atoms with Gasteiger partial charge in [-0.1, -0.05) is 55.1 Å². The Morgan fingerprint density at radius 3 is 2.43 bits per heavy atom. The van der Waals surface area contributed by atoms with Crippen LogP contribution in [0.5, 0.6) is 0 Å². The second-order valence-electron chi connectivity index (χ2n) is 4.18. The minimum Gasteiger partial charge on any atom is -0.432 e. The van der Waals surface area contributed by atoms with Crippen molar-refractivity contribution in [3.8, 4) is 6.07 Å². The highest BCUT2D eigenvalue weighted by atomic mass is 16.5. The number of hydrogen-bond donors (Lipinski definition) is 0. The zero-order valence-corrected chi connectivity index (χ0v) is 11.3. The molecule has 0 atom stereocenters. The number of rotatable bonds is 4. The van der Waals surface area contributed by atoms with Gasteiger partial charge in [-0.15, -0.1) is 0 Å². The summed E-state index contributed by atoms with van der Waals surface area (Å²) in [5.74, 6) is -0.531. The van der Waals surface area contributed by atoms with Crippen molar-refractivity contribution < 1.29 is 9.53 Å². The molecule has 0 aliphatic rings. The number of hydrogen-bond acceptors (Lipinski definition) is 3. The summed E-state index contributed by atoms with van der Waals surface area (Å²) in [5, 5.41) is 9.24. The lowest BCUT2D eigenvalue weighted by Gasteiger charge is -2.09. The molecule has 0 fully saturated rings. The number of nitriles is 1. The molecular weight excluding hydrogens is 262 g/mol. The third kappa shape index (κ3) is 3.46. The van der Waals surface area contributed by atoms with Gasteiger partial charge in [-0.3, -0.25) is 0 Å². The summed E-state index contributed by atoms with van der Waals surface area (Å²) in [5.41, 5.74) is 2.66. The molecule has 0 unspecified atom stereocenters. The van der Waals surface area contributed by atoms with Gasteiger partial charge in [0.25, 0.3) is 0 Å². The van der Waals surface area contributed by atoms with E-state index in [-0.39, 0.29) is 0 Å². The first-order chi connectivity index (χ1) is 10.3. The number of ether oxygens (including phenoxy) is 1. The molecule has 0 amide bonds. The Morgan fingerprint density at radius 2 is 1.76 bits per heavy atom. The highest BCUT2D eigenvalue weighted by Gasteiger charge is 2.11. The average molecular weight is 275 g/mol. The van der Waals surface area contributed by atoms with Crippen LogP contribution in [0.15, 0.2) is 73.5 Å². The monoisotopic (exact) mass is 275 g/mol. The van der Waals surface area contributed by atoms with Crippen molar-refractivity contribution in [2.75, 3.05) is 0 Å². The van der Waals surface area contributed by atoms with Crippen LogP contribution < -0.4 is 0 Å². The molecule has 0 aliphatic heterocycles. The van der Waals surface area contributed by atoms with Gasteiger partial charge in [-0.05, 0) is 17.2 Å². The van der Waals surface area contributed by atoms with Crippen LogP contribution >= 0.6 is 0 Å². The normalized spacial score (nSPS) is 10.5. The van der Waals surface area contributed by atoms with Crippen molar-refractivity contribution in [1.82, 2.24) is 0 Å². The van der Waals surface area contributed by atoms with Crippen molar-refractivity contribution in [2.45, 2.75) is 0 Å². The first-order valence-electron chi connectivity index (χ1n) is 6.34. The fourth-order valence-corrected chi connectivity index (χ4v) is 1.98. The third-order valence-electron chi connectivity index (χ3n) is 2.88. The van der Waals surface area contributed by atoms with E-state index in [1.54, 1.807) is 18.2 Å². The van der Waals surface area contributed by atoms with Gasteiger partial charge in [0.05, 0.1) is 17.9 Å². The molecule has 0 saturated heterocycles. The molecule has 21 heavy (non-hydrogen) atoms. The van der Waals surface area contributed by atoms with E-state index in [0.717, 1.165) is 11.8 Å². The summed E-state index contributed by atoms with van der Waals surface area (Å²) >= 11 is 0. The molecule has 0 aromatic heterocycles. The van der Waals surface area contributed by atoms with Gasteiger partial charge in [0.2, 0.25) is 0 Å². The Balaban J connectivity index is 2.59. The summed E-state index contributed by atoms with van der Waals surface area (Å²) in [4.78, 5) is 11.7. The second kappa shape index (κ2) is 6.88. The van der Waals surface area contributed by atoms with Crippen molar-refractivity contribution in [3.63, 3.8) is 0 Å². The topological polar surface area (TPSA) is 50.1 Å². The second-order valence-corrected chi connectivity index (χ2v) is 4.18. The minimum atomic E-state index is -0.531. The number of benzene rings is 2. The molecule has 0 heterocycles. The van der Waals surface area contributed by atoms with Crippen LogP contribution in [0.25, 0.3) is 5.57 Å². The van der Waals surface area contributed by atoms with Gasteiger partial charge >= 0.3 is 5.97 Å². The van der Waals surface area contributed by atoms with E-state index in [1.165, 1.54) is 6.08 Å². The summed E-state index contributed by atoms with van der Waals surface area (Å²) in [6, 6.07) is 18.6. The van der Waals surface area contributed by atoms with Crippen LogP contribution in [0, 0.1) is 11.3 Å². The lowest BCUT2D eigenvalue weighted by molar-refractivity contribution is -0.132. The summed E-state index contributed by atoms with van der Waals surface area (Å²) in [7, 11) is 0. The van der Waals surface area contributed by atoms with Crippen molar-refractivity contribution in [3.05, 3.63) is 90.2 Å². The van der Waals surface area contributed by atoms with Crippen LogP contribution in [-0.4, -0.2) is 5.97 Å². The Morgan fingerprint density at radius 1 is 1.10 bits per heavy atom. The van der Waals surface area contributed by atoms with Gasteiger partial charge in [0.1, 0.15) is 0 Å². The van der Waals surface area contributed by atoms with Crippen LogP contribution in [0.2, 0.25) is 0 Å². The van der Waals surface area contributed by atoms with Gasteiger partial charge in [0.15, 0.2) is 0 Å². The Bertz CT molecular complexity index is 724. The maximum Gasteiger partial charge on any atom is 0.336 e. The number of nitrogens with zero attached hydrogens (tertiary/aromatic N) is 1. The molecule has 0 spiro atoms. The van der Waals surface area contributed by atoms with Crippen LogP contribution in [0.1, 0.15) is 16.7 Å². The SMILES string of the molecule is C=COC(=O)/C=C(\c1ccccc1)c1ccccc1C#N. The van der Waals surface area contributed by atoms with Crippen LogP contribution in [0.3, 0.4) is 0 Å². The van der Waals surface area contributed by atoms with E-state index in [4.69, 9.17) is 4.74 Å². The quantitative estimate of drug-likeness (QED) is 0.486. The maximum atomic E-state index is 11.7. The zero-order valence-electron chi connectivity index (χ0n) is 11.3. The minimum absolute atomic E-state index is 0.499. The summed E-state index contributed by atoms with van der Waals surface area (Å²) in [6.45, 7) is 3.36. The van der Waals surface area contributed by atoms with Gasteiger partial charge < -0.3 is 4.74 Å². The largest absolute Gasteiger partial charge is 0.432 e. The van der Waals surface area contributed by atoms with Gasteiger partial charge in [0, 0.05) is 11.6 Å². The number of carbonyl (C=O) groups excluding carboxylic acids is 1. The molecular formula is C18H13NO2. The molecule has 0 radical (unpaired) electrons. The van der Waals surface area contributed by atoms with Crippen molar-refractivity contribution in [2.24, 2.45) is 0 Å². The van der Waals surface area contributed by atoms with E-state index in [0.29, 0.717) is 16.7 Å². The molecule has 0 aliphatic carbocycles. The maximum absolute atomic E-state index is 11.7. The number of carbonyl (C=O) groups is 1. The van der Waals surface area contributed by atoms with Gasteiger partial charge in [-0.25, -0.2) is 4.79 Å². The molecule has 0 saturated carbocycles. The smallest absolute Gasteiger partial charge is 0.336 e. The van der Waals surface area contributed by atoms with Gasteiger partial charge in [-0.2, -0.15) is 5.26 Å². The average Bonchev–Trinajstić information content (AvgIpc) is 2.54. The van der Waals surface area contributed by atoms with E-state index >= 15 is 0 Å². The van der Waals surface area contributed by atoms with Crippen molar-refractivity contribution >= 4 is 11.5 Å². The third-order valence-corrected chi connectivity index (χ3v) is 2.88. The van der Waals surface area contributed by atoms with Crippen LogP contribution in [0.4, 0.5) is 0 Å². The molecule has 3 heteroatoms. The predicted molar refractivity (Wildman–Crippen MR) is 81.0 cm³/mol. The summed E-state index contributed by atoms with van der Waals surface area (Å²) < 4.78 is 4.75. The lowest BCUT2D eigenvalue weighted by Crippen LogP contribution is -1.99. The molecule has 3 nitrogen and oxygen atoms in total. The fourth-order valence-electron chi connectivity index (χ4n) is 1.98. The van der Waals surface area contributed by atoms with E-state index in [1.807, 2.05) is 36.4 Å². The predicted octanol–water partition coefficient (Wildman–Crippen LogP) is 3.68. The molecule has 0 N–H and O–H groups in total. The fraction of sp³-hybridized carbons (Fsp3) is 0. The highest BCUT2D eigenvalue weighted by molar-refractivity contribution is 5.97. The first kappa shape index (κ1) is 14.3. The zero-order chi connectivity index (χ0) is 15.1.